The van der Waals surface area contributed by atoms with Gasteiger partial charge < -0.3 is 5.11 Å². The average molecular weight is 437 g/mol. The summed E-state index contributed by atoms with van der Waals surface area (Å²) in [4.78, 5) is 11.8. The van der Waals surface area contributed by atoms with E-state index in [0.717, 1.165) is 16.8 Å². The molecule has 6 heteroatoms. The minimum Gasteiger partial charge on any atom is -0.478 e. The molecule has 0 spiro atoms. The van der Waals surface area contributed by atoms with Crippen molar-refractivity contribution in [1.29, 1.82) is 0 Å². The van der Waals surface area contributed by atoms with Crippen molar-refractivity contribution in [2.75, 3.05) is 5.01 Å². The Hall–Kier alpha value is -3.08. The van der Waals surface area contributed by atoms with Crippen LogP contribution in [0.2, 0.25) is 10.0 Å². The quantitative estimate of drug-likeness (QED) is 0.483. The first kappa shape index (κ1) is 20.2. The van der Waals surface area contributed by atoms with Gasteiger partial charge in [-0.05, 0) is 53.6 Å². The number of rotatable bonds is 5. The second-order valence-corrected chi connectivity index (χ2v) is 7.79. The van der Waals surface area contributed by atoms with Crippen molar-refractivity contribution in [3.05, 3.63) is 106 Å². The van der Waals surface area contributed by atoms with Gasteiger partial charge in [-0.1, -0.05) is 65.7 Å². The first-order valence-electron chi connectivity index (χ1n) is 9.39. The van der Waals surface area contributed by atoms with Crippen LogP contribution >= 0.6 is 23.2 Å². The molecular weight excluding hydrogens is 419 g/mol. The Balaban J connectivity index is 1.71. The number of aromatic carboxylic acids is 1. The molecule has 1 heterocycles. The molecule has 0 saturated heterocycles. The van der Waals surface area contributed by atoms with E-state index in [1.807, 2.05) is 66.7 Å². The van der Waals surface area contributed by atoms with Crippen molar-refractivity contribution in [1.82, 2.24) is 0 Å². The zero-order valence-corrected chi connectivity index (χ0v) is 17.4. The maximum absolute atomic E-state index is 11.8. The van der Waals surface area contributed by atoms with Gasteiger partial charge in [-0.15, -0.1) is 0 Å². The number of allylic oxidation sites excluding steroid dienone is 1. The molecule has 0 aromatic heterocycles. The molecule has 4 rings (SSSR count). The smallest absolute Gasteiger partial charge is 0.337 e. The number of carboxylic acids is 1. The molecule has 30 heavy (non-hydrogen) atoms. The molecule has 1 N–H and O–H groups in total. The highest BCUT2D eigenvalue weighted by Gasteiger charge is 2.30. The summed E-state index contributed by atoms with van der Waals surface area (Å²) in [6, 6.07) is 21.9. The first-order chi connectivity index (χ1) is 14.5. The minimum atomic E-state index is -0.985. The summed E-state index contributed by atoms with van der Waals surface area (Å²) in [6.45, 7) is 0. The lowest BCUT2D eigenvalue weighted by Crippen LogP contribution is -2.20. The fourth-order valence-corrected chi connectivity index (χ4v) is 3.67. The van der Waals surface area contributed by atoms with E-state index in [-0.39, 0.29) is 11.6 Å². The van der Waals surface area contributed by atoms with Crippen molar-refractivity contribution in [2.45, 2.75) is 12.5 Å². The second-order valence-electron chi connectivity index (χ2n) is 6.91. The third kappa shape index (κ3) is 4.40. The number of nitrogens with zero attached hydrogens (tertiary/aromatic N) is 2. The van der Waals surface area contributed by atoms with Gasteiger partial charge in [0.2, 0.25) is 0 Å². The van der Waals surface area contributed by atoms with Crippen LogP contribution in [0, 0.1) is 0 Å². The van der Waals surface area contributed by atoms with Crippen molar-refractivity contribution >= 4 is 46.6 Å². The zero-order valence-electron chi connectivity index (χ0n) is 15.9. The molecule has 150 valence electrons. The van der Waals surface area contributed by atoms with Crippen molar-refractivity contribution in [2.24, 2.45) is 5.10 Å². The van der Waals surface area contributed by atoms with E-state index in [4.69, 9.17) is 28.3 Å². The third-order valence-electron chi connectivity index (χ3n) is 4.91. The van der Waals surface area contributed by atoms with Crippen molar-refractivity contribution in [3.63, 3.8) is 0 Å². The molecule has 1 aliphatic rings. The number of hydrogen-bond donors (Lipinski definition) is 1. The minimum absolute atomic E-state index is 0.132. The number of hydrogen-bond acceptors (Lipinski definition) is 3. The van der Waals surface area contributed by atoms with Gasteiger partial charge in [-0.2, -0.15) is 5.10 Å². The number of anilines is 1. The molecular formula is C24H18Cl2N2O2. The van der Waals surface area contributed by atoms with Crippen LogP contribution in [-0.4, -0.2) is 16.8 Å². The van der Waals surface area contributed by atoms with Crippen LogP contribution in [0.3, 0.4) is 0 Å². The lowest BCUT2D eigenvalue weighted by molar-refractivity contribution is 0.0697. The van der Waals surface area contributed by atoms with Crippen LogP contribution in [0.5, 0.6) is 0 Å². The highest BCUT2D eigenvalue weighted by Crippen LogP contribution is 2.37. The zero-order chi connectivity index (χ0) is 21.1. The standard InChI is InChI=1S/C24H18Cl2N2O2/c25-18-10-5-16(6-11-18)7-14-20-15-23(17-8-12-19(26)13-9-17)28(27-20)22-4-2-1-3-21(22)24(29)30/h1-14,23H,15H2,(H,29,30)/b14-7+/t23-/m0/s1. The van der Waals surface area contributed by atoms with Gasteiger partial charge >= 0.3 is 5.97 Å². The van der Waals surface area contributed by atoms with Crippen LogP contribution in [0.1, 0.15) is 33.9 Å². The molecule has 0 unspecified atom stereocenters. The second kappa shape index (κ2) is 8.74. The van der Waals surface area contributed by atoms with E-state index >= 15 is 0 Å². The number of carboxylic acid groups (broad SMARTS) is 1. The Morgan fingerprint density at radius 2 is 1.57 bits per heavy atom. The van der Waals surface area contributed by atoms with E-state index < -0.39 is 5.97 Å². The summed E-state index contributed by atoms with van der Waals surface area (Å²) < 4.78 is 0. The predicted molar refractivity (Wildman–Crippen MR) is 123 cm³/mol. The first-order valence-corrected chi connectivity index (χ1v) is 10.1. The van der Waals surface area contributed by atoms with Gasteiger partial charge in [0.25, 0.3) is 0 Å². The highest BCUT2D eigenvalue weighted by molar-refractivity contribution is 6.30. The van der Waals surface area contributed by atoms with E-state index in [1.54, 1.807) is 23.2 Å². The van der Waals surface area contributed by atoms with Gasteiger partial charge in [0, 0.05) is 16.5 Å². The fourth-order valence-electron chi connectivity index (χ4n) is 3.42. The molecule has 1 atom stereocenters. The SMILES string of the molecule is O=C(O)c1ccccc1N1N=C(/C=C/c2ccc(Cl)cc2)C[C@H]1c1ccc(Cl)cc1. The Bertz CT molecular complexity index is 1120. The molecule has 0 radical (unpaired) electrons. The summed E-state index contributed by atoms with van der Waals surface area (Å²) in [5, 5.41) is 17.5. The summed E-state index contributed by atoms with van der Waals surface area (Å²) in [5.74, 6) is -0.985. The molecule has 1 aliphatic heterocycles. The summed E-state index contributed by atoms with van der Waals surface area (Å²) in [5.41, 5.74) is 3.64. The van der Waals surface area contributed by atoms with Gasteiger partial charge in [-0.3, -0.25) is 5.01 Å². The number of benzene rings is 3. The molecule has 3 aromatic carbocycles. The lowest BCUT2D eigenvalue weighted by Gasteiger charge is -2.25. The Labute approximate surface area is 184 Å². The molecule has 0 amide bonds. The summed E-state index contributed by atoms with van der Waals surface area (Å²) >= 11 is 12.0. The number of para-hydroxylation sites is 1. The largest absolute Gasteiger partial charge is 0.478 e. The Morgan fingerprint density at radius 1 is 0.933 bits per heavy atom. The van der Waals surface area contributed by atoms with Crippen LogP contribution in [-0.2, 0) is 0 Å². The Kier molecular flexibility index (Phi) is 5.88. The van der Waals surface area contributed by atoms with E-state index in [2.05, 4.69) is 0 Å². The van der Waals surface area contributed by atoms with Gasteiger partial charge in [-0.25, -0.2) is 4.79 Å². The molecule has 0 saturated carbocycles. The number of carbonyl (C=O) groups is 1. The molecule has 0 bridgehead atoms. The maximum Gasteiger partial charge on any atom is 0.337 e. The van der Waals surface area contributed by atoms with Crippen LogP contribution in [0.15, 0.2) is 84.0 Å². The monoisotopic (exact) mass is 436 g/mol. The van der Waals surface area contributed by atoms with Gasteiger partial charge in [0.15, 0.2) is 0 Å². The van der Waals surface area contributed by atoms with Crippen molar-refractivity contribution in [3.8, 4) is 0 Å². The summed E-state index contributed by atoms with van der Waals surface area (Å²) in [7, 11) is 0. The van der Waals surface area contributed by atoms with Crippen LogP contribution in [0.25, 0.3) is 6.08 Å². The number of halogens is 2. The molecule has 0 fully saturated rings. The molecule has 3 aromatic rings. The Morgan fingerprint density at radius 3 is 2.23 bits per heavy atom. The maximum atomic E-state index is 11.8. The fraction of sp³-hybridized carbons (Fsp3) is 0.0833. The van der Waals surface area contributed by atoms with Gasteiger partial charge in [0.05, 0.1) is 23.0 Å². The average Bonchev–Trinajstić information content (AvgIpc) is 3.18. The third-order valence-corrected chi connectivity index (χ3v) is 5.41. The molecule has 0 aliphatic carbocycles. The van der Waals surface area contributed by atoms with E-state index in [9.17, 15) is 9.90 Å². The predicted octanol–water partition coefficient (Wildman–Crippen LogP) is 6.71. The van der Waals surface area contributed by atoms with Crippen molar-refractivity contribution < 1.29 is 9.90 Å². The number of hydrazone groups is 1. The summed E-state index contributed by atoms with van der Waals surface area (Å²) in [6.07, 6.45) is 4.57. The topological polar surface area (TPSA) is 52.9 Å². The highest BCUT2D eigenvalue weighted by atomic mass is 35.5. The van der Waals surface area contributed by atoms with Gasteiger partial charge in [0.1, 0.15) is 0 Å². The molecule has 4 nitrogen and oxygen atoms in total. The van der Waals surface area contributed by atoms with E-state index in [1.165, 1.54) is 0 Å². The normalized spacial score (nSPS) is 16.1. The van der Waals surface area contributed by atoms with Crippen LogP contribution < -0.4 is 5.01 Å². The van der Waals surface area contributed by atoms with Crippen LogP contribution in [0.4, 0.5) is 5.69 Å². The lowest BCUT2D eigenvalue weighted by atomic mass is 10.0. The van der Waals surface area contributed by atoms with E-state index in [0.29, 0.717) is 22.2 Å².